The lowest BCUT2D eigenvalue weighted by molar-refractivity contribution is -0.128. The number of hydrogen-bond acceptors (Lipinski definition) is 5. The van der Waals surface area contributed by atoms with Gasteiger partial charge in [0.2, 0.25) is 11.8 Å². The number of nitrogens with zero attached hydrogens (tertiary/aromatic N) is 1. The van der Waals surface area contributed by atoms with Crippen LogP contribution in [0.25, 0.3) is 0 Å². The van der Waals surface area contributed by atoms with Crippen LogP contribution in [0, 0.1) is 0 Å². The number of hydrogen-bond donors (Lipinski definition) is 1. The Morgan fingerprint density at radius 3 is 2.48 bits per heavy atom. The first kappa shape index (κ1) is 20.4. The number of Topliss-reactive ketones (excluding diaryl/α,β-unsaturated/α-hetero) is 1. The number of para-hydroxylation sites is 1. The molecule has 0 bridgehead atoms. The summed E-state index contributed by atoms with van der Waals surface area (Å²) < 4.78 is 10.9. The van der Waals surface area contributed by atoms with E-state index in [1.165, 1.54) is 6.92 Å². The van der Waals surface area contributed by atoms with E-state index in [-0.39, 0.29) is 30.4 Å². The van der Waals surface area contributed by atoms with Gasteiger partial charge in [-0.1, -0.05) is 18.2 Å². The first-order chi connectivity index (χ1) is 13.9. The summed E-state index contributed by atoms with van der Waals surface area (Å²) in [7, 11) is 1.70. The minimum Gasteiger partial charge on any atom is -0.486 e. The number of ketones is 1. The number of anilines is 1. The maximum atomic E-state index is 12.5. The summed E-state index contributed by atoms with van der Waals surface area (Å²) >= 11 is 0. The van der Waals surface area contributed by atoms with Crippen LogP contribution in [0.1, 0.15) is 35.7 Å². The zero-order chi connectivity index (χ0) is 20.8. The summed E-state index contributed by atoms with van der Waals surface area (Å²) in [4.78, 5) is 37.9. The van der Waals surface area contributed by atoms with Gasteiger partial charge in [0.1, 0.15) is 13.2 Å². The van der Waals surface area contributed by atoms with E-state index in [4.69, 9.17) is 9.47 Å². The Bertz CT molecular complexity index is 925. The molecule has 152 valence electrons. The number of carbonyl (C=O) groups excluding carboxylic acids is 3. The monoisotopic (exact) mass is 396 g/mol. The van der Waals surface area contributed by atoms with Crippen LogP contribution in [-0.4, -0.2) is 42.8 Å². The van der Waals surface area contributed by atoms with Crippen LogP contribution < -0.4 is 14.8 Å². The predicted octanol–water partition coefficient (Wildman–Crippen LogP) is 3.04. The molecule has 0 radical (unpaired) electrons. The summed E-state index contributed by atoms with van der Waals surface area (Å²) in [5, 5.41) is 2.84. The largest absolute Gasteiger partial charge is 0.486 e. The number of amides is 2. The van der Waals surface area contributed by atoms with Gasteiger partial charge in [-0.3, -0.25) is 14.4 Å². The number of ether oxygens (including phenoxy) is 2. The molecular weight excluding hydrogens is 372 g/mol. The van der Waals surface area contributed by atoms with Crippen molar-refractivity contribution in [1.29, 1.82) is 0 Å². The highest BCUT2D eigenvalue weighted by Crippen LogP contribution is 2.31. The highest BCUT2D eigenvalue weighted by molar-refractivity contribution is 6.00. The number of nitrogens with one attached hydrogen (secondary N) is 1. The second-order valence-corrected chi connectivity index (χ2v) is 6.86. The molecule has 1 aliphatic heterocycles. The SMILES string of the molecule is CC(=O)N(C)Cc1ccccc1NC(=O)CCC(=O)c1ccc2c(c1)OCCO2. The van der Waals surface area contributed by atoms with E-state index in [1.54, 1.807) is 36.2 Å². The van der Waals surface area contributed by atoms with Gasteiger partial charge in [0, 0.05) is 44.6 Å². The van der Waals surface area contributed by atoms with Gasteiger partial charge in [0.15, 0.2) is 17.3 Å². The number of benzene rings is 2. The Kier molecular flexibility index (Phi) is 6.49. The van der Waals surface area contributed by atoms with Crippen molar-refractivity contribution in [3.63, 3.8) is 0 Å². The second kappa shape index (κ2) is 9.23. The lowest BCUT2D eigenvalue weighted by Crippen LogP contribution is -2.24. The maximum absolute atomic E-state index is 12.5. The summed E-state index contributed by atoms with van der Waals surface area (Å²) in [6.45, 7) is 2.82. The van der Waals surface area contributed by atoms with Gasteiger partial charge in [-0.15, -0.1) is 0 Å². The highest BCUT2D eigenvalue weighted by Gasteiger charge is 2.16. The molecule has 0 saturated heterocycles. The fraction of sp³-hybridized carbons (Fsp3) is 0.318. The van der Waals surface area contributed by atoms with Crippen LogP contribution in [0.15, 0.2) is 42.5 Å². The van der Waals surface area contributed by atoms with Gasteiger partial charge in [0.25, 0.3) is 0 Å². The Balaban J connectivity index is 1.58. The van der Waals surface area contributed by atoms with E-state index in [0.29, 0.717) is 42.5 Å². The average molecular weight is 396 g/mol. The van der Waals surface area contributed by atoms with Crippen molar-refractivity contribution >= 4 is 23.3 Å². The maximum Gasteiger partial charge on any atom is 0.224 e. The average Bonchev–Trinajstić information content (AvgIpc) is 2.73. The van der Waals surface area contributed by atoms with Crippen LogP contribution in [0.4, 0.5) is 5.69 Å². The van der Waals surface area contributed by atoms with Gasteiger partial charge in [-0.05, 0) is 29.8 Å². The van der Waals surface area contributed by atoms with Gasteiger partial charge < -0.3 is 19.7 Å². The molecule has 3 rings (SSSR count). The summed E-state index contributed by atoms with van der Waals surface area (Å²) in [5.74, 6) is 0.722. The molecule has 7 nitrogen and oxygen atoms in total. The van der Waals surface area contributed by atoms with Crippen LogP contribution >= 0.6 is 0 Å². The van der Waals surface area contributed by atoms with Crippen LogP contribution in [0.3, 0.4) is 0 Å². The van der Waals surface area contributed by atoms with E-state index in [2.05, 4.69) is 5.32 Å². The summed E-state index contributed by atoms with van der Waals surface area (Å²) in [5.41, 5.74) is 1.96. The molecule has 2 aromatic rings. The lowest BCUT2D eigenvalue weighted by Gasteiger charge is -2.18. The standard InChI is InChI=1S/C22H24N2O5/c1-15(25)24(2)14-17-5-3-4-6-18(17)23-22(27)10-8-19(26)16-7-9-20-21(13-16)29-12-11-28-20/h3-7,9,13H,8,10-12,14H2,1-2H3,(H,23,27). The third-order valence-electron chi connectivity index (χ3n) is 4.68. The molecule has 0 fully saturated rings. The molecule has 1 heterocycles. The Hall–Kier alpha value is -3.35. The molecule has 0 spiro atoms. The number of carbonyl (C=O) groups is 3. The van der Waals surface area contributed by atoms with E-state index in [0.717, 1.165) is 5.56 Å². The molecule has 0 unspecified atom stereocenters. The summed E-state index contributed by atoms with van der Waals surface area (Å²) in [6, 6.07) is 12.3. The minimum absolute atomic E-state index is 0.0591. The molecule has 7 heteroatoms. The van der Waals surface area contributed by atoms with E-state index >= 15 is 0 Å². The fourth-order valence-corrected chi connectivity index (χ4v) is 2.95. The highest BCUT2D eigenvalue weighted by atomic mass is 16.6. The van der Waals surface area contributed by atoms with Crippen molar-refractivity contribution in [3.05, 3.63) is 53.6 Å². The molecule has 1 N–H and O–H groups in total. The van der Waals surface area contributed by atoms with Crippen molar-refractivity contribution in [2.24, 2.45) is 0 Å². The van der Waals surface area contributed by atoms with E-state index in [9.17, 15) is 14.4 Å². The quantitative estimate of drug-likeness (QED) is 0.727. The smallest absolute Gasteiger partial charge is 0.224 e. The van der Waals surface area contributed by atoms with Gasteiger partial charge in [-0.2, -0.15) is 0 Å². The van der Waals surface area contributed by atoms with Crippen molar-refractivity contribution in [2.75, 3.05) is 25.6 Å². The van der Waals surface area contributed by atoms with Crippen molar-refractivity contribution in [2.45, 2.75) is 26.3 Å². The molecular formula is C22H24N2O5. The molecule has 29 heavy (non-hydrogen) atoms. The van der Waals surface area contributed by atoms with Crippen molar-refractivity contribution < 1.29 is 23.9 Å². The van der Waals surface area contributed by atoms with Crippen molar-refractivity contribution in [3.8, 4) is 11.5 Å². The third kappa shape index (κ3) is 5.34. The molecule has 2 aromatic carbocycles. The normalized spacial score (nSPS) is 12.2. The van der Waals surface area contributed by atoms with Crippen molar-refractivity contribution in [1.82, 2.24) is 4.90 Å². The zero-order valence-electron chi connectivity index (χ0n) is 16.6. The van der Waals surface area contributed by atoms with Gasteiger partial charge >= 0.3 is 0 Å². The predicted molar refractivity (Wildman–Crippen MR) is 108 cm³/mol. The Labute approximate surface area is 169 Å². The second-order valence-electron chi connectivity index (χ2n) is 6.86. The minimum atomic E-state index is -0.256. The molecule has 0 saturated carbocycles. The van der Waals surface area contributed by atoms with Crippen LogP contribution in [0.5, 0.6) is 11.5 Å². The van der Waals surface area contributed by atoms with Crippen LogP contribution in [-0.2, 0) is 16.1 Å². The fourth-order valence-electron chi connectivity index (χ4n) is 2.95. The van der Waals surface area contributed by atoms with E-state index in [1.807, 2.05) is 18.2 Å². The number of fused-ring (bicyclic) bond motifs is 1. The summed E-state index contributed by atoms with van der Waals surface area (Å²) in [6.07, 6.45) is 0.144. The molecule has 1 aliphatic rings. The first-order valence-electron chi connectivity index (χ1n) is 9.46. The molecule has 2 amide bonds. The third-order valence-corrected chi connectivity index (χ3v) is 4.68. The van der Waals surface area contributed by atoms with E-state index < -0.39 is 0 Å². The number of rotatable bonds is 7. The molecule has 0 aliphatic carbocycles. The Morgan fingerprint density at radius 1 is 1.00 bits per heavy atom. The molecule has 0 atom stereocenters. The topological polar surface area (TPSA) is 84.9 Å². The molecule has 0 aromatic heterocycles. The Morgan fingerprint density at radius 2 is 1.72 bits per heavy atom. The van der Waals surface area contributed by atoms with Gasteiger partial charge in [-0.25, -0.2) is 0 Å². The first-order valence-corrected chi connectivity index (χ1v) is 9.46. The zero-order valence-corrected chi connectivity index (χ0v) is 16.6. The lowest BCUT2D eigenvalue weighted by atomic mass is 10.1. The van der Waals surface area contributed by atoms with Gasteiger partial charge in [0.05, 0.1) is 0 Å². The van der Waals surface area contributed by atoms with Crippen LogP contribution in [0.2, 0.25) is 0 Å².